The molecule has 0 radical (unpaired) electrons. The molecule has 0 amide bonds. The topological polar surface area (TPSA) is 67.8 Å². The van der Waals surface area contributed by atoms with E-state index in [0.29, 0.717) is 5.92 Å². The monoisotopic (exact) mass is 250 g/mol. The lowest BCUT2D eigenvalue weighted by Gasteiger charge is -2.10. The SMILES string of the molecule is Cc1cc(OCCCC(C)C)ccc1/C(N)=N/O. The van der Waals surface area contributed by atoms with Gasteiger partial charge in [-0.3, -0.25) is 0 Å². The van der Waals surface area contributed by atoms with Crippen LogP contribution in [0.15, 0.2) is 23.4 Å². The van der Waals surface area contributed by atoms with Gasteiger partial charge in [-0.25, -0.2) is 0 Å². The molecule has 0 heterocycles. The zero-order chi connectivity index (χ0) is 13.5. The lowest BCUT2D eigenvalue weighted by molar-refractivity contribution is 0.297. The third kappa shape index (κ3) is 4.28. The van der Waals surface area contributed by atoms with Crippen molar-refractivity contribution in [3.8, 4) is 5.75 Å². The van der Waals surface area contributed by atoms with Crippen molar-refractivity contribution in [1.82, 2.24) is 0 Å². The zero-order valence-corrected chi connectivity index (χ0v) is 11.3. The summed E-state index contributed by atoms with van der Waals surface area (Å²) < 4.78 is 5.66. The Morgan fingerprint density at radius 1 is 1.44 bits per heavy atom. The van der Waals surface area contributed by atoms with E-state index >= 15 is 0 Å². The number of hydrogen-bond acceptors (Lipinski definition) is 3. The fourth-order valence-electron chi connectivity index (χ4n) is 1.75. The third-order valence-electron chi connectivity index (χ3n) is 2.78. The average molecular weight is 250 g/mol. The molecule has 18 heavy (non-hydrogen) atoms. The summed E-state index contributed by atoms with van der Waals surface area (Å²) in [5.74, 6) is 1.66. The molecule has 0 bridgehead atoms. The first-order chi connectivity index (χ1) is 8.54. The number of oxime groups is 1. The predicted molar refractivity (Wildman–Crippen MR) is 73.3 cm³/mol. The van der Waals surface area contributed by atoms with Gasteiger partial charge >= 0.3 is 0 Å². The van der Waals surface area contributed by atoms with E-state index in [1.54, 1.807) is 0 Å². The number of nitrogens with two attached hydrogens (primary N) is 1. The molecule has 0 aliphatic rings. The average Bonchev–Trinajstić information content (AvgIpc) is 2.33. The van der Waals surface area contributed by atoms with Crippen LogP contribution in [0.3, 0.4) is 0 Å². The molecule has 0 spiro atoms. The highest BCUT2D eigenvalue weighted by atomic mass is 16.5. The van der Waals surface area contributed by atoms with Gasteiger partial charge in [-0.2, -0.15) is 0 Å². The molecule has 0 saturated carbocycles. The van der Waals surface area contributed by atoms with Crippen LogP contribution in [0.1, 0.15) is 37.8 Å². The van der Waals surface area contributed by atoms with Crippen LogP contribution in [-0.4, -0.2) is 17.6 Å². The Morgan fingerprint density at radius 3 is 2.72 bits per heavy atom. The maximum absolute atomic E-state index is 8.64. The molecule has 1 aromatic carbocycles. The highest BCUT2D eigenvalue weighted by Gasteiger charge is 2.05. The summed E-state index contributed by atoms with van der Waals surface area (Å²) in [4.78, 5) is 0. The fraction of sp³-hybridized carbons (Fsp3) is 0.500. The first kappa shape index (κ1) is 14.4. The summed E-state index contributed by atoms with van der Waals surface area (Å²) in [6.45, 7) is 7.04. The number of nitrogens with zero attached hydrogens (tertiary/aromatic N) is 1. The molecule has 1 aromatic rings. The van der Waals surface area contributed by atoms with Gasteiger partial charge in [0.25, 0.3) is 0 Å². The molecule has 0 aliphatic heterocycles. The molecular formula is C14H22N2O2. The van der Waals surface area contributed by atoms with Crippen LogP contribution < -0.4 is 10.5 Å². The van der Waals surface area contributed by atoms with Crippen molar-refractivity contribution < 1.29 is 9.94 Å². The van der Waals surface area contributed by atoms with Gasteiger partial charge in [0.2, 0.25) is 0 Å². The smallest absolute Gasteiger partial charge is 0.170 e. The van der Waals surface area contributed by atoms with E-state index in [-0.39, 0.29) is 5.84 Å². The molecule has 4 nitrogen and oxygen atoms in total. The molecule has 0 aliphatic carbocycles. The van der Waals surface area contributed by atoms with Crippen LogP contribution in [-0.2, 0) is 0 Å². The van der Waals surface area contributed by atoms with E-state index in [4.69, 9.17) is 15.7 Å². The maximum Gasteiger partial charge on any atom is 0.170 e. The van der Waals surface area contributed by atoms with Gasteiger partial charge in [-0.05, 0) is 49.4 Å². The van der Waals surface area contributed by atoms with Crippen LogP contribution >= 0.6 is 0 Å². The molecule has 4 heteroatoms. The Hall–Kier alpha value is -1.71. The van der Waals surface area contributed by atoms with Crippen LogP contribution in [0.2, 0.25) is 0 Å². The van der Waals surface area contributed by atoms with Gasteiger partial charge in [-0.1, -0.05) is 19.0 Å². The van der Waals surface area contributed by atoms with Gasteiger partial charge < -0.3 is 15.7 Å². The van der Waals surface area contributed by atoms with Crippen molar-refractivity contribution in [2.45, 2.75) is 33.6 Å². The Balaban J connectivity index is 2.57. The van der Waals surface area contributed by atoms with Gasteiger partial charge in [-0.15, -0.1) is 0 Å². The minimum Gasteiger partial charge on any atom is -0.494 e. The molecule has 100 valence electrons. The van der Waals surface area contributed by atoms with E-state index in [1.807, 2.05) is 25.1 Å². The third-order valence-corrected chi connectivity index (χ3v) is 2.78. The molecule has 1 rings (SSSR count). The van der Waals surface area contributed by atoms with E-state index in [9.17, 15) is 0 Å². The van der Waals surface area contributed by atoms with Crippen molar-refractivity contribution in [3.63, 3.8) is 0 Å². The van der Waals surface area contributed by atoms with Crippen LogP contribution in [0.25, 0.3) is 0 Å². The highest BCUT2D eigenvalue weighted by molar-refractivity contribution is 5.98. The number of amidine groups is 1. The van der Waals surface area contributed by atoms with Crippen molar-refractivity contribution in [2.24, 2.45) is 16.8 Å². The second-order valence-corrected chi connectivity index (χ2v) is 4.85. The first-order valence-corrected chi connectivity index (χ1v) is 6.26. The minimum atomic E-state index is 0.124. The van der Waals surface area contributed by atoms with Gasteiger partial charge in [0.05, 0.1) is 6.61 Å². The van der Waals surface area contributed by atoms with Crippen LogP contribution in [0, 0.1) is 12.8 Å². The summed E-state index contributed by atoms with van der Waals surface area (Å²) in [5.41, 5.74) is 7.22. The standard InChI is InChI=1S/C14H22N2O2/c1-10(2)5-4-8-18-12-6-7-13(11(3)9-12)14(15)16-17/h6-7,9-10,17H,4-5,8H2,1-3H3,(H2,15,16). The summed E-state index contributed by atoms with van der Waals surface area (Å²) >= 11 is 0. The quantitative estimate of drug-likeness (QED) is 0.268. The Bertz CT molecular complexity index is 414. The van der Waals surface area contributed by atoms with Crippen molar-refractivity contribution >= 4 is 5.84 Å². The number of ether oxygens (including phenoxy) is 1. The van der Waals surface area contributed by atoms with E-state index in [2.05, 4.69) is 19.0 Å². The largest absolute Gasteiger partial charge is 0.494 e. The summed E-state index contributed by atoms with van der Waals surface area (Å²) in [6.07, 6.45) is 2.22. The summed E-state index contributed by atoms with van der Waals surface area (Å²) in [6, 6.07) is 5.56. The summed E-state index contributed by atoms with van der Waals surface area (Å²) in [5, 5.41) is 11.6. The number of benzene rings is 1. The van der Waals surface area contributed by atoms with Crippen LogP contribution in [0.4, 0.5) is 0 Å². The van der Waals surface area contributed by atoms with Crippen molar-refractivity contribution in [2.75, 3.05) is 6.61 Å². The Morgan fingerprint density at radius 2 is 2.17 bits per heavy atom. The van der Waals surface area contributed by atoms with Gasteiger partial charge in [0, 0.05) is 5.56 Å². The van der Waals surface area contributed by atoms with Crippen LogP contribution in [0.5, 0.6) is 5.75 Å². The van der Waals surface area contributed by atoms with E-state index in [1.165, 1.54) is 6.42 Å². The predicted octanol–water partition coefficient (Wildman–Crippen LogP) is 2.90. The minimum absolute atomic E-state index is 0.124. The van der Waals surface area contributed by atoms with Crippen molar-refractivity contribution in [1.29, 1.82) is 0 Å². The Labute approximate surface area is 108 Å². The molecule has 0 aromatic heterocycles. The second-order valence-electron chi connectivity index (χ2n) is 4.85. The first-order valence-electron chi connectivity index (χ1n) is 6.26. The number of hydrogen-bond donors (Lipinski definition) is 2. The number of aryl methyl sites for hydroxylation is 1. The number of rotatable bonds is 6. The molecule has 0 atom stereocenters. The summed E-state index contributed by atoms with van der Waals surface area (Å²) in [7, 11) is 0. The molecule has 0 unspecified atom stereocenters. The lowest BCUT2D eigenvalue weighted by Crippen LogP contribution is -2.14. The van der Waals surface area contributed by atoms with E-state index < -0.39 is 0 Å². The molecule has 0 saturated heterocycles. The van der Waals surface area contributed by atoms with E-state index in [0.717, 1.165) is 29.9 Å². The fourth-order valence-corrected chi connectivity index (χ4v) is 1.75. The molecule has 0 fully saturated rings. The highest BCUT2D eigenvalue weighted by Crippen LogP contribution is 2.17. The maximum atomic E-state index is 8.64. The van der Waals surface area contributed by atoms with Gasteiger partial charge in [0.15, 0.2) is 5.84 Å². The molecule has 3 N–H and O–H groups in total. The van der Waals surface area contributed by atoms with Gasteiger partial charge in [0.1, 0.15) is 5.75 Å². The second kappa shape index (κ2) is 6.89. The lowest BCUT2D eigenvalue weighted by atomic mass is 10.1. The zero-order valence-electron chi connectivity index (χ0n) is 11.3. The van der Waals surface area contributed by atoms with Crippen molar-refractivity contribution in [3.05, 3.63) is 29.3 Å². The Kier molecular flexibility index (Phi) is 5.49. The molecular weight excluding hydrogens is 228 g/mol. The normalized spacial score (nSPS) is 11.9.